The molecule has 0 amide bonds. The van der Waals surface area contributed by atoms with Gasteiger partial charge in [0.05, 0.1) is 33.5 Å². The molecule has 0 atom stereocenters. The zero-order valence-electron chi connectivity index (χ0n) is 18.9. The van der Waals surface area contributed by atoms with Gasteiger partial charge in [-0.3, -0.25) is 9.97 Å². The van der Waals surface area contributed by atoms with E-state index in [4.69, 9.17) is 23.9 Å². The minimum atomic E-state index is -0.461. The van der Waals surface area contributed by atoms with Gasteiger partial charge in [0.1, 0.15) is 28.5 Å². The largest absolute Gasteiger partial charge is 0.496 e. The van der Waals surface area contributed by atoms with E-state index < -0.39 is 5.97 Å². The molecule has 2 aromatic heterocycles. The van der Waals surface area contributed by atoms with Crippen LogP contribution in [0.3, 0.4) is 0 Å². The van der Waals surface area contributed by atoms with Crippen LogP contribution < -0.4 is 14.2 Å². The Balaban J connectivity index is 1.98. The summed E-state index contributed by atoms with van der Waals surface area (Å²) < 4.78 is 22.0. The van der Waals surface area contributed by atoms with Gasteiger partial charge in [-0.05, 0) is 31.2 Å². The first kappa shape index (κ1) is 22.1. The molecule has 0 fully saturated rings. The molecule has 7 nitrogen and oxygen atoms in total. The van der Waals surface area contributed by atoms with Crippen LogP contribution in [0.5, 0.6) is 17.2 Å². The molecule has 0 bridgehead atoms. The molecule has 0 aliphatic carbocycles. The Bertz CT molecular complexity index is 1320. The maximum absolute atomic E-state index is 12.8. The lowest BCUT2D eigenvalue weighted by atomic mass is 9.96. The van der Waals surface area contributed by atoms with Gasteiger partial charge in [-0.2, -0.15) is 0 Å². The number of aromatic nitrogens is 2. The van der Waals surface area contributed by atoms with Gasteiger partial charge >= 0.3 is 5.97 Å². The molecule has 0 saturated carbocycles. The Morgan fingerprint density at radius 1 is 0.848 bits per heavy atom. The topological polar surface area (TPSA) is 79.8 Å². The predicted octanol–water partition coefficient (Wildman–Crippen LogP) is 5.17. The highest BCUT2D eigenvalue weighted by Crippen LogP contribution is 2.40. The molecule has 7 heteroatoms. The van der Waals surface area contributed by atoms with E-state index in [2.05, 4.69) is 4.98 Å². The number of rotatable bonds is 7. The number of hydrogen-bond acceptors (Lipinski definition) is 7. The van der Waals surface area contributed by atoms with Crippen LogP contribution in [-0.2, 0) is 4.74 Å². The van der Waals surface area contributed by atoms with Crippen molar-refractivity contribution < 1.29 is 23.7 Å². The van der Waals surface area contributed by atoms with Crippen LogP contribution in [0.1, 0.15) is 17.3 Å². The van der Waals surface area contributed by atoms with Gasteiger partial charge in [0.25, 0.3) is 0 Å². The van der Waals surface area contributed by atoms with E-state index in [1.54, 1.807) is 34.4 Å². The summed E-state index contributed by atoms with van der Waals surface area (Å²) in [5.41, 5.74) is 3.74. The summed E-state index contributed by atoms with van der Waals surface area (Å²) in [5, 5.41) is 0.744. The standard InChI is InChI=1S/C26H24N2O5/c1-5-33-26(29)19-15-28-25-18(10-8-12-21(25)31-3)23(19)16-13-22(32-4)24(27-14-16)17-9-6-7-11-20(17)30-2/h6-15H,5H2,1-4H3. The average molecular weight is 444 g/mol. The Kier molecular flexibility index (Phi) is 6.40. The lowest BCUT2D eigenvalue weighted by molar-refractivity contribution is 0.0527. The van der Waals surface area contributed by atoms with Gasteiger partial charge in [0.2, 0.25) is 0 Å². The summed E-state index contributed by atoms with van der Waals surface area (Å²) in [4.78, 5) is 22.0. The van der Waals surface area contributed by atoms with Crippen molar-refractivity contribution in [1.29, 1.82) is 0 Å². The summed E-state index contributed by atoms with van der Waals surface area (Å²) in [6, 6.07) is 15.0. The Morgan fingerprint density at radius 3 is 2.30 bits per heavy atom. The lowest BCUT2D eigenvalue weighted by Crippen LogP contribution is -2.08. The van der Waals surface area contributed by atoms with Gasteiger partial charge in [-0.15, -0.1) is 0 Å². The normalized spacial score (nSPS) is 10.7. The van der Waals surface area contributed by atoms with E-state index in [1.807, 2.05) is 48.5 Å². The quantitative estimate of drug-likeness (QED) is 0.364. The fourth-order valence-corrected chi connectivity index (χ4v) is 3.81. The molecular formula is C26H24N2O5. The molecule has 0 unspecified atom stereocenters. The second kappa shape index (κ2) is 9.56. The van der Waals surface area contributed by atoms with E-state index in [9.17, 15) is 4.79 Å². The zero-order chi connectivity index (χ0) is 23.4. The number of pyridine rings is 2. The highest BCUT2D eigenvalue weighted by atomic mass is 16.5. The monoisotopic (exact) mass is 444 g/mol. The van der Waals surface area contributed by atoms with E-state index >= 15 is 0 Å². The predicted molar refractivity (Wildman–Crippen MR) is 126 cm³/mol. The third-order valence-electron chi connectivity index (χ3n) is 5.30. The van der Waals surface area contributed by atoms with Crippen molar-refractivity contribution in [2.24, 2.45) is 0 Å². The van der Waals surface area contributed by atoms with Crippen LogP contribution in [-0.4, -0.2) is 43.9 Å². The van der Waals surface area contributed by atoms with Crippen molar-refractivity contribution in [3.63, 3.8) is 0 Å². The number of carbonyl (C=O) groups excluding carboxylic acids is 1. The van der Waals surface area contributed by atoms with Crippen molar-refractivity contribution in [3.05, 3.63) is 66.5 Å². The first-order chi connectivity index (χ1) is 16.1. The first-order valence-corrected chi connectivity index (χ1v) is 10.4. The third kappa shape index (κ3) is 4.05. The van der Waals surface area contributed by atoms with Gasteiger partial charge in [-0.1, -0.05) is 24.3 Å². The number of para-hydroxylation sites is 2. The molecule has 168 valence electrons. The number of carbonyl (C=O) groups is 1. The maximum Gasteiger partial charge on any atom is 0.340 e. The number of benzene rings is 2. The summed E-state index contributed by atoms with van der Waals surface area (Å²) in [7, 11) is 4.78. The Hall–Kier alpha value is -4.13. The minimum Gasteiger partial charge on any atom is -0.496 e. The molecule has 0 aliphatic rings. The third-order valence-corrected chi connectivity index (χ3v) is 5.30. The van der Waals surface area contributed by atoms with Gasteiger partial charge in [-0.25, -0.2) is 4.79 Å². The van der Waals surface area contributed by atoms with Gasteiger partial charge in [0, 0.05) is 34.5 Å². The second-order valence-corrected chi connectivity index (χ2v) is 7.10. The van der Waals surface area contributed by atoms with E-state index in [-0.39, 0.29) is 6.61 Å². The van der Waals surface area contributed by atoms with E-state index in [0.717, 1.165) is 10.9 Å². The van der Waals surface area contributed by atoms with Gasteiger partial charge in [0.15, 0.2) is 0 Å². The zero-order valence-corrected chi connectivity index (χ0v) is 18.9. The molecule has 2 heterocycles. The molecule has 0 saturated heterocycles. The first-order valence-electron chi connectivity index (χ1n) is 10.4. The lowest BCUT2D eigenvalue weighted by Gasteiger charge is -2.16. The van der Waals surface area contributed by atoms with Crippen molar-refractivity contribution >= 4 is 16.9 Å². The van der Waals surface area contributed by atoms with Crippen molar-refractivity contribution in [2.75, 3.05) is 27.9 Å². The molecule has 4 rings (SSSR count). The van der Waals surface area contributed by atoms with Crippen LogP contribution in [0, 0.1) is 0 Å². The Labute approximate surface area is 191 Å². The number of esters is 1. The summed E-state index contributed by atoms with van der Waals surface area (Å²) in [5.74, 6) is 1.37. The number of fused-ring (bicyclic) bond motifs is 1. The van der Waals surface area contributed by atoms with Crippen molar-refractivity contribution in [1.82, 2.24) is 9.97 Å². The van der Waals surface area contributed by atoms with Crippen molar-refractivity contribution in [3.8, 4) is 39.6 Å². The fraction of sp³-hybridized carbons (Fsp3) is 0.192. The minimum absolute atomic E-state index is 0.253. The van der Waals surface area contributed by atoms with Crippen LogP contribution >= 0.6 is 0 Å². The van der Waals surface area contributed by atoms with Crippen molar-refractivity contribution in [2.45, 2.75) is 6.92 Å². The van der Waals surface area contributed by atoms with Crippen LogP contribution in [0.2, 0.25) is 0 Å². The van der Waals surface area contributed by atoms with E-state index in [0.29, 0.717) is 45.1 Å². The summed E-state index contributed by atoms with van der Waals surface area (Å²) in [6.45, 7) is 2.02. The molecule has 33 heavy (non-hydrogen) atoms. The van der Waals surface area contributed by atoms with E-state index in [1.165, 1.54) is 6.20 Å². The smallest absolute Gasteiger partial charge is 0.340 e. The molecular weight excluding hydrogens is 420 g/mol. The van der Waals surface area contributed by atoms with Gasteiger partial charge < -0.3 is 18.9 Å². The summed E-state index contributed by atoms with van der Waals surface area (Å²) in [6.07, 6.45) is 3.22. The van der Waals surface area contributed by atoms with Crippen LogP contribution in [0.25, 0.3) is 33.3 Å². The highest BCUT2D eigenvalue weighted by molar-refractivity contribution is 6.08. The number of ether oxygens (including phenoxy) is 4. The SMILES string of the molecule is CCOC(=O)c1cnc2c(OC)cccc2c1-c1cnc(-c2ccccc2OC)c(OC)c1. The number of nitrogens with zero attached hydrogens (tertiary/aromatic N) is 2. The average Bonchev–Trinajstić information content (AvgIpc) is 2.87. The highest BCUT2D eigenvalue weighted by Gasteiger charge is 2.22. The number of methoxy groups -OCH3 is 3. The molecule has 4 aromatic rings. The second-order valence-electron chi connectivity index (χ2n) is 7.10. The molecule has 0 spiro atoms. The number of hydrogen-bond donors (Lipinski definition) is 0. The van der Waals surface area contributed by atoms with Crippen LogP contribution in [0.4, 0.5) is 0 Å². The fourth-order valence-electron chi connectivity index (χ4n) is 3.81. The Morgan fingerprint density at radius 2 is 1.58 bits per heavy atom. The summed E-state index contributed by atoms with van der Waals surface area (Å²) >= 11 is 0. The molecule has 0 aliphatic heterocycles. The van der Waals surface area contributed by atoms with Crippen LogP contribution in [0.15, 0.2) is 60.9 Å². The molecule has 2 aromatic carbocycles. The molecule has 0 N–H and O–H groups in total. The molecule has 0 radical (unpaired) electrons. The maximum atomic E-state index is 12.8.